The first-order chi connectivity index (χ1) is 13.1. The number of hydrogen-bond acceptors (Lipinski definition) is 4. The van der Waals surface area contributed by atoms with E-state index in [-0.39, 0.29) is 17.2 Å². The quantitative estimate of drug-likeness (QED) is 0.791. The summed E-state index contributed by atoms with van der Waals surface area (Å²) >= 11 is 0. The minimum atomic E-state index is -4.52. The molecule has 9 heteroatoms. The summed E-state index contributed by atoms with van der Waals surface area (Å²) in [6.07, 6.45) is -4.14. The van der Waals surface area contributed by atoms with Crippen LogP contribution in [0, 0.1) is 0 Å². The van der Waals surface area contributed by atoms with Gasteiger partial charge in [-0.15, -0.1) is 0 Å². The zero-order valence-corrected chi connectivity index (χ0v) is 15.6. The summed E-state index contributed by atoms with van der Waals surface area (Å²) in [7, 11) is -3.15. The fourth-order valence-electron chi connectivity index (χ4n) is 3.12. The van der Waals surface area contributed by atoms with Crippen molar-refractivity contribution < 1.29 is 26.4 Å². The molecule has 2 aromatic rings. The highest BCUT2D eigenvalue weighted by Crippen LogP contribution is 2.31. The third kappa shape index (κ3) is 5.11. The number of halogens is 3. The minimum absolute atomic E-state index is 0.0154. The van der Waals surface area contributed by atoms with Crippen LogP contribution in [-0.2, 0) is 20.8 Å². The van der Waals surface area contributed by atoms with E-state index >= 15 is 0 Å². The van der Waals surface area contributed by atoms with E-state index in [0.29, 0.717) is 12.0 Å². The number of sulfone groups is 1. The number of alkyl halides is 3. The lowest BCUT2D eigenvalue weighted by atomic mass is 10.0. The molecule has 5 nitrogen and oxygen atoms in total. The number of benzene rings is 2. The maximum atomic E-state index is 12.9. The van der Waals surface area contributed by atoms with Crippen LogP contribution in [0.25, 0.3) is 0 Å². The van der Waals surface area contributed by atoms with Gasteiger partial charge < -0.3 is 5.32 Å². The summed E-state index contributed by atoms with van der Waals surface area (Å²) in [5, 5.41) is 5.54. The molecule has 0 spiro atoms. The summed E-state index contributed by atoms with van der Waals surface area (Å²) in [5.41, 5.74) is -0.255. The Morgan fingerprint density at radius 1 is 1.07 bits per heavy atom. The lowest BCUT2D eigenvalue weighted by Crippen LogP contribution is -2.40. The molecule has 1 aliphatic rings. The molecular weight excluding hydrogens is 393 g/mol. The standard InChI is InChI=1S/C19H19F3N2O3S/c20-19(21,22)14-7-4-8-15(11-14)24-18(25)17(13-5-2-1-3-6-13)23-16-9-10-28(26,27)12-16/h1-8,11,16-17,23H,9-10,12H2,(H,24,25)/t16-,17-/m0/s1. The van der Waals surface area contributed by atoms with E-state index in [1.165, 1.54) is 12.1 Å². The van der Waals surface area contributed by atoms with E-state index in [2.05, 4.69) is 10.6 Å². The minimum Gasteiger partial charge on any atom is -0.324 e. The van der Waals surface area contributed by atoms with Gasteiger partial charge in [-0.05, 0) is 30.2 Å². The molecule has 28 heavy (non-hydrogen) atoms. The highest BCUT2D eigenvalue weighted by atomic mass is 32.2. The van der Waals surface area contributed by atoms with Crippen molar-refractivity contribution in [2.75, 3.05) is 16.8 Å². The van der Waals surface area contributed by atoms with Crippen molar-refractivity contribution in [1.29, 1.82) is 0 Å². The SMILES string of the molecule is O=C(Nc1cccc(C(F)(F)F)c1)[C@@H](N[C@H]1CCS(=O)(=O)C1)c1ccccc1. The normalized spacial score (nSPS) is 19.9. The molecule has 150 valence electrons. The molecule has 0 aliphatic carbocycles. The molecule has 2 N–H and O–H groups in total. The van der Waals surface area contributed by atoms with Gasteiger partial charge in [0.05, 0.1) is 17.1 Å². The smallest absolute Gasteiger partial charge is 0.324 e. The lowest BCUT2D eigenvalue weighted by molar-refractivity contribution is -0.137. The molecule has 1 amide bonds. The van der Waals surface area contributed by atoms with Gasteiger partial charge in [0, 0.05) is 11.7 Å². The van der Waals surface area contributed by atoms with Gasteiger partial charge in [0.1, 0.15) is 6.04 Å². The largest absolute Gasteiger partial charge is 0.416 e. The summed E-state index contributed by atoms with van der Waals surface area (Å²) in [4.78, 5) is 12.8. The van der Waals surface area contributed by atoms with Crippen molar-refractivity contribution in [3.8, 4) is 0 Å². The Labute approximate surface area is 160 Å². The van der Waals surface area contributed by atoms with Crippen molar-refractivity contribution in [2.24, 2.45) is 0 Å². The third-order valence-electron chi connectivity index (χ3n) is 4.49. The van der Waals surface area contributed by atoms with Crippen LogP contribution in [0.2, 0.25) is 0 Å². The Balaban J connectivity index is 1.81. The van der Waals surface area contributed by atoms with Crippen LogP contribution >= 0.6 is 0 Å². The average Bonchev–Trinajstić information content (AvgIpc) is 2.98. The number of hydrogen-bond donors (Lipinski definition) is 2. The number of carbonyl (C=O) groups excluding carboxylic acids is 1. The molecule has 0 unspecified atom stereocenters. The molecule has 3 rings (SSSR count). The molecule has 1 aliphatic heterocycles. The van der Waals surface area contributed by atoms with Gasteiger partial charge in [0.25, 0.3) is 0 Å². The van der Waals surface area contributed by atoms with E-state index in [4.69, 9.17) is 0 Å². The van der Waals surface area contributed by atoms with Crippen LogP contribution in [0.4, 0.5) is 18.9 Å². The average molecular weight is 412 g/mol. The van der Waals surface area contributed by atoms with Crippen LogP contribution in [-0.4, -0.2) is 31.9 Å². The van der Waals surface area contributed by atoms with Crippen molar-refractivity contribution in [3.63, 3.8) is 0 Å². The summed E-state index contributed by atoms with van der Waals surface area (Å²) in [5.74, 6) is -0.593. The summed E-state index contributed by atoms with van der Waals surface area (Å²) in [6, 6.07) is 11.7. The molecule has 0 saturated carbocycles. The van der Waals surface area contributed by atoms with Gasteiger partial charge in [-0.25, -0.2) is 8.42 Å². The Bertz CT molecular complexity index is 946. The van der Waals surface area contributed by atoms with E-state index in [1.807, 2.05) is 0 Å². The van der Waals surface area contributed by atoms with Crippen LogP contribution in [0.5, 0.6) is 0 Å². The van der Waals surface area contributed by atoms with Gasteiger partial charge in [0.15, 0.2) is 9.84 Å². The van der Waals surface area contributed by atoms with Gasteiger partial charge >= 0.3 is 6.18 Å². The first-order valence-electron chi connectivity index (χ1n) is 8.64. The molecule has 1 saturated heterocycles. The number of anilines is 1. The lowest BCUT2D eigenvalue weighted by Gasteiger charge is -2.22. The molecule has 1 fully saturated rings. The molecule has 0 aromatic heterocycles. The maximum Gasteiger partial charge on any atom is 0.416 e. The topological polar surface area (TPSA) is 75.3 Å². The number of rotatable bonds is 5. The predicted octanol–water partition coefficient (Wildman–Crippen LogP) is 3.16. The second kappa shape index (κ2) is 7.92. The van der Waals surface area contributed by atoms with E-state index < -0.39 is 39.6 Å². The number of carbonyl (C=O) groups is 1. The Hall–Kier alpha value is -2.39. The first-order valence-corrected chi connectivity index (χ1v) is 10.5. The van der Waals surface area contributed by atoms with E-state index in [0.717, 1.165) is 12.1 Å². The van der Waals surface area contributed by atoms with Crippen molar-refractivity contribution >= 4 is 21.4 Å². The van der Waals surface area contributed by atoms with Gasteiger partial charge in [-0.2, -0.15) is 13.2 Å². The van der Waals surface area contributed by atoms with Gasteiger partial charge in [0.2, 0.25) is 5.91 Å². The number of nitrogens with one attached hydrogen (secondary N) is 2. The molecule has 1 heterocycles. The monoisotopic (exact) mass is 412 g/mol. The third-order valence-corrected chi connectivity index (χ3v) is 6.26. The first kappa shape index (κ1) is 20.3. The summed E-state index contributed by atoms with van der Waals surface area (Å²) < 4.78 is 62.1. The molecule has 0 radical (unpaired) electrons. The fraction of sp³-hybridized carbons (Fsp3) is 0.316. The highest BCUT2D eigenvalue weighted by molar-refractivity contribution is 7.91. The fourth-order valence-corrected chi connectivity index (χ4v) is 4.80. The molecule has 2 aromatic carbocycles. The van der Waals surface area contributed by atoms with E-state index in [1.54, 1.807) is 30.3 Å². The van der Waals surface area contributed by atoms with E-state index in [9.17, 15) is 26.4 Å². The second-order valence-corrected chi connectivity index (χ2v) is 8.91. The van der Waals surface area contributed by atoms with Crippen LogP contribution in [0.1, 0.15) is 23.6 Å². The Kier molecular flexibility index (Phi) is 5.76. The van der Waals surface area contributed by atoms with Crippen molar-refractivity contribution in [1.82, 2.24) is 5.32 Å². The van der Waals surface area contributed by atoms with Crippen LogP contribution in [0.3, 0.4) is 0 Å². The van der Waals surface area contributed by atoms with Crippen LogP contribution in [0.15, 0.2) is 54.6 Å². The Morgan fingerprint density at radius 3 is 2.39 bits per heavy atom. The molecule has 0 bridgehead atoms. The maximum absolute atomic E-state index is 12.9. The van der Waals surface area contributed by atoms with Gasteiger partial charge in [-0.3, -0.25) is 10.1 Å². The zero-order chi connectivity index (χ0) is 20.4. The second-order valence-electron chi connectivity index (χ2n) is 6.68. The van der Waals surface area contributed by atoms with Gasteiger partial charge in [-0.1, -0.05) is 36.4 Å². The summed E-state index contributed by atoms with van der Waals surface area (Å²) in [6.45, 7) is 0. The van der Waals surface area contributed by atoms with Crippen LogP contribution < -0.4 is 10.6 Å². The molecular formula is C19H19F3N2O3S. The number of amides is 1. The Morgan fingerprint density at radius 2 is 1.79 bits per heavy atom. The van der Waals surface area contributed by atoms with Crippen molar-refractivity contribution in [2.45, 2.75) is 24.7 Å². The molecule has 2 atom stereocenters. The highest BCUT2D eigenvalue weighted by Gasteiger charge is 2.33. The van der Waals surface area contributed by atoms with Crippen molar-refractivity contribution in [3.05, 3.63) is 65.7 Å². The zero-order valence-electron chi connectivity index (χ0n) is 14.7. The predicted molar refractivity (Wildman–Crippen MR) is 99.5 cm³/mol.